The molecule has 0 saturated carbocycles. The van der Waals surface area contributed by atoms with E-state index in [-0.39, 0.29) is 23.1 Å². The average molecular weight is 280 g/mol. The Morgan fingerprint density at radius 2 is 2.10 bits per heavy atom. The zero-order valence-electron chi connectivity index (χ0n) is 12.8. The summed E-state index contributed by atoms with van der Waals surface area (Å²) in [6.07, 6.45) is 3.93. The average Bonchev–Trinajstić information content (AvgIpc) is 2.42. The predicted octanol–water partition coefficient (Wildman–Crippen LogP) is 3.38. The lowest BCUT2D eigenvalue weighted by molar-refractivity contribution is -0.142. The Labute approximate surface area is 120 Å². The van der Waals surface area contributed by atoms with Crippen LogP contribution in [0.25, 0.3) is 0 Å². The molecule has 1 aliphatic rings. The Balaban J connectivity index is 2.81. The fraction of sp³-hybridized carbons (Fsp3) is 0.625. The molecule has 0 aromatic carbocycles. The SMILES string of the molecule is C=C1O/C(=C\CC(C)=O)C(C)(C)CCC1COC(C)=O. The standard InChI is InChI=1S/C16H24O4/c1-11(17)6-7-15-16(4,5)9-8-14(12(2)20-15)10-19-13(3)18/h7,14H,2,6,8-10H2,1,3-5H3/b15-7-. The molecule has 1 heterocycles. The number of hydrogen-bond donors (Lipinski definition) is 0. The van der Waals surface area contributed by atoms with Crippen molar-refractivity contribution in [1.29, 1.82) is 0 Å². The third-order valence-electron chi connectivity index (χ3n) is 3.54. The number of rotatable bonds is 4. The van der Waals surface area contributed by atoms with E-state index < -0.39 is 0 Å². The number of hydrogen-bond acceptors (Lipinski definition) is 4. The van der Waals surface area contributed by atoms with E-state index in [1.807, 2.05) is 6.08 Å². The molecule has 0 aromatic heterocycles. The van der Waals surface area contributed by atoms with Crippen molar-refractivity contribution in [3.8, 4) is 0 Å². The lowest BCUT2D eigenvalue weighted by atomic mass is 9.83. The van der Waals surface area contributed by atoms with Crippen molar-refractivity contribution in [3.05, 3.63) is 24.2 Å². The molecule has 1 aliphatic heterocycles. The normalized spacial score (nSPS) is 23.9. The molecule has 0 radical (unpaired) electrons. The predicted molar refractivity (Wildman–Crippen MR) is 76.7 cm³/mol. The number of allylic oxidation sites excluding steroid dienone is 2. The van der Waals surface area contributed by atoms with Crippen LogP contribution in [-0.4, -0.2) is 18.4 Å². The quantitative estimate of drug-likeness (QED) is 0.741. The van der Waals surface area contributed by atoms with E-state index in [1.165, 1.54) is 6.92 Å². The van der Waals surface area contributed by atoms with Crippen LogP contribution in [-0.2, 0) is 19.1 Å². The first kappa shape index (κ1) is 16.5. The monoisotopic (exact) mass is 280 g/mol. The summed E-state index contributed by atoms with van der Waals surface area (Å²) in [4.78, 5) is 22.0. The van der Waals surface area contributed by atoms with Crippen LogP contribution in [0.1, 0.15) is 47.0 Å². The van der Waals surface area contributed by atoms with E-state index in [0.29, 0.717) is 18.8 Å². The summed E-state index contributed by atoms with van der Waals surface area (Å²) >= 11 is 0. The Morgan fingerprint density at radius 3 is 2.65 bits per heavy atom. The van der Waals surface area contributed by atoms with Crippen molar-refractivity contribution >= 4 is 11.8 Å². The van der Waals surface area contributed by atoms with Crippen LogP contribution in [0.3, 0.4) is 0 Å². The second kappa shape index (κ2) is 6.73. The summed E-state index contributed by atoms with van der Waals surface area (Å²) in [6, 6.07) is 0. The first-order valence-corrected chi connectivity index (χ1v) is 6.92. The van der Waals surface area contributed by atoms with Gasteiger partial charge >= 0.3 is 5.97 Å². The third-order valence-corrected chi connectivity index (χ3v) is 3.54. The fourth-order valence-electron chi connectivity index (χ4n) is 2.13. The molecule has 0 aliphatic carbocycles. The highest BCUT2D eigenvalue weighted by molar-refractivity contribution is 5.77. The lowest BCUT2D eigenvalue weighted by Gasteiger charge is -2.24. The van der Waals surface area contributed by atoms with E-state index in [9.17, 15) is 9.59 Å². The van der Waals surface area contributed by atoms with Crippen LogP contribution >= 0.6 is 0 Å². The number of carbonyl (C=O) groups excluding carboxylic acids is 2. The van der Waals surface area contributed by atoms with Gasteiger partial charge in [-0.15, -0.1) is 0 Å². The molecule has 4 heteroatoms. The molecule has 1 atom stereocenters. The van der Waals surface area contributed by atoms with Gasteiger partial charge in [-0.25, -0.2) is 0 Å². The van der Waals surface area contributed by atoms with Crippen LogP contribution < -0.4 is 0 Å². The minimum absolute atomic E-state index is 0.00130. The lowest BCUT2D eigenvalue weighted by Crippen LogP contribution is -2.15. The van der Waals surface area contributed by atoms with Gasteiger partial charge in [0.2, 0.25) is 0 Å². The summed E-state index contributed by atoms with van der Waals surface area (Å²) in [5, 5.41) is 0. The van der Waals surface area contributed by atoms with Crippen LogP contribution in [0, 0.1) is 11.3 Å². The molecule has 0 amide bonds. The van der Waals surface area contributed by atoms with Gasteiger partial charge in [-0.3, -0.25) is 9.59 Å². The van der Waals surface area contributed by atoms with Crippen molar-refractivity contribution in [1.82, 2.24) is 0 Å². The number of esters is 1. The summed E-state index contributed by atoms with van der Waals surface area (Å²) in [5.74, 6) is 1.19. The highest BCUT2D eigenvalue weighted by atomic mass is 16.5. The Kier molecular flexibility index (Phi) is 5.54. The summed E-state index contributed by atoms with van der Waals surface area (Å²) < 4.78 is 10.9. The van der Waals surface area contributed by atoms with Crippen LogP contribution in [0.2, 0.25) is 0 Å². The molecular formula is C16H24O4. The highest BCUT2D eigenvalue weighted by Gasteiger charge is 2.32. The van der Waals surface area contributed by atoms with Crippen molar-refractivity contribution in [2.75, 3.05) is 6.61 Å². The van der Waals surface area contributed by atoms with Gasteiger partial charge in [0, 0.05) is 18.8 Å². The molecule has 20 heavy (non-hydrogen) atoms. The number of carbonyl (C=O) groups is 2. The highest BCUT2D eigenvalue weighted by Crippen LogP contribution is 2.40. The summed E-state index contributed by atoms with van der Waals surface area (Å²) in [5.41, 5.74) is -0.149. The molecule has 0 N–H and O–H groups in total. The number of ketones is 1. The molecule has 112 valence electrons. The first-order valence-electron chi connectivity index (χ1n) is 6.92. The molecule has 4 nitrogen and oxygen atoms in total. The van der Waals surface area contributed by atoms with Crippen molar-refractivity contribution in [2.24, 2.45) is 11.3 Å². The van der Waals surface area contributed by atoms with E-state index in [0.717, 1.165) is 18.6 Å². The zero-order chi connectivity index (χ0) is 15.3. The summed E-state index contributed by atoms with van der Waals surface area (Å²) in [7, 11) is 0. The molecule has 1 unspecified atom stereocenters. The van der Waals surface area contributed by atoms with Gasteiger partial charge in [0.05, 0.1) is 5.92 Å². The molecule has 0 bridgehead atoms. The van der Waals surface area contributed by atoms with Gasteiger partial charge in [-0.2, -0.15) is 0 Å². The fourth-order valence-corrected chi connectivity index (χ4v) is 2.13. The van der Waals surface area contributed by atoms with Gasteiger partial charge in [0.25, 0.3) is 0 Å². The smallest absolute Gasteiger partial charge is 0.302 e. The van der Waals surface area contributed by atoms with Gasteiger partial charge < -0.3 is 9.47 Å². The topological polar surface area (TPSA) is 52.6 Å². The third kappa shape index (κ3) is 4.83. The maximum absolute atomic E-state index is 11.1. The molecular weight excluding hydrogens is 256 g/mol. The Morgan fingerprint density at radius 1 is 1.45 bits per heavy atom. The van der Waals surface area contributed by atoms with Gasteiger partial charge in [-0.1, -0.05) is 20.4 Å². The summed E-state index contributed by atoms with van der Waals surface area (Å²) in [6.45, 7) is 11.3. The van der Waals surface area contributed by atoms with Gasteiger partial charge in [0.1, 0.15) is 23.9 Å². The van der Waals surface area contributed by atoms with E-state index in [4.69, 9.17) is 9.47 Å². The maximum Gasteiger partial charge on any atom is 0.302 e. The first-order chi connectivity index (χ1) is 9.22. The second-order valence-electron chi connectivity index (χ2n) is 5.96. The zero-order valence-corrected chi connectivity index (χ0v) is 12.8. The molecule has 0 aromatic rings. The molecule has 1 fully saturated rings. The maximum atomic E-state index is 11.1. The Bertz CT molecular complexity index is 432. The van der Waals surface area contributed by atoms with Crippen molar-refractivity contribution in [2.45, 2.75) is 47.0 Å². The van der Waals surface area contributed by atoms with Crippen LogP contribution in [0.15, 0.2) is 24.2 Å². The molecule has 0 spiro atoms. The van der Waals surface area contributed by atoms with Gasteiger partial charge in [-0.05, 0) is 25.8 Å². The van der Waals surface area contributed by atoms with Gasteiger partial charge in [0.15, 0.2) is 0 Å². The largest absolute Gasteiger partial charge is 0.466 e. The van der Waals surface area contributed by atoms with Crippen LogP contribution in [0.5, 0.6) is 0 Å². The number of ether oxygens (including phenoxy) is 2. The Hall–Kier alpha value is -1.58. The minimum atomic E-state index is -0.298. The molecule has 1 rings (SSSR count). The number of Topliss-reactive ketones (excluding diaryl/α,β-unsaturated/α-hetero) is 1. The van der Waals surface area contributed by atoms with Crippen molar-refractivity contribution < 1.29 is 19.1 Å². The van der Waals surface area contributed by atoms with E-state index in [2.05, 4.69) is 20.4 Å². The van der Waals surface area contributed by atoms with Crippen LogP contribution in [0.4, 0.5) is 0 Å². The van der Waals surface area contributed by atoms with E-state index >= 15 is 0 Å². The second-order valence-corrected chi connectivity index (χ2v) is 5.96. The van der Waals surface area contributed by atoms with Crippen molar-refractivity contribution in [3.63, 3.8) is 0 Å². The molecule has 1 saturated heterocycles. The minimum Gasteiger partial charge on any atom is -0.466 e. The van der Waals surface area contributed by atoms with E-state index in [1.54, 1.807) is 6.92 Å².